The van der Waals surface area contributed by atoms with E-state index in [0.717, 1.165) is 32.1 Å². The Morgan fingerprint density at radius 3 is 2.67 bits per heavy atom. The minimum atomic E-state index is -0.204. The number of rotatable bonds is 8. The molecular formula is C19H30FN3O. The molecule has 1 aliphatic carbocycles. The minimum Gasteiger partial charge on any atom is -0.385 e. The summed E-state index contributed by atoms with van der Waals surface area (Å²) in [4.78, 5) is 4.54. The van der Waals surface area contributed by atoms with Crippen LogP contribution in [0.1, 0.15) is 44.6 Å². The molecule has 0 saturated heterocycles. The number of methoxy groups -OCH3 is 1. The van der Waals surface area contributed by atoms with Gasteiger partial charge in [-0.15, -0.1) is 0 Å². The lowest BCUT2D eigenvalue weighted by atomic mass is 9.83. The van der Waals surface area contributed by atoms with Crippen molar-refractivity contribution >= 4 is 5.96 Å². The summed E-state index contributed by atoms with van der Waals surface area (Å²) >= 11 is 0. The molecule has 0 unspecified atom stereocenters. The highest BCUT2D eigenvalue weighted by Crippen LogP contribution is 2.40. The molecule has 5 heteroatoms. The Morgan fingerprint density at radius 2 is 2.00 bits per heavy atom. The zero-order chi connectivity index (χ0) is 17.3. The molecule has 0 amide bonds. The number of nitrogens with one attached hydrogen (secondary N) is 2. The van der Waals surface area contributed by atoms with E-state index in [1.807, 2.05) is 13.0 Å². The Hall–Kier alpha value is -1.62. The third-order valence-corrected chi connectivity index (χ3v) is 4.84. The van der Waals surface area contributed by atoms with Crippen LogP contribution in [0.15, 0.2) is 29.3 Å². The Labute approximate surface area is 144 Å². The molecule has 0 heterocycles. The summed E-state index contributed by atoms with van der Waals surface area (Å²) in [7, 11) is 1.76. The predicted molar refractivity (Wildman–Crippen MR) is 96.6 cm³/mol. The SMILES string of the molecule is CCNC(=NCc1ccccc1F)NCC1(CCOC)CCCC1. The first kappa shape index (κ1) is 18.7. The number of benzene rings is 1. The van der Waals surface area contributed by atoms with E-state index < -0.39 is 0 Å². The van der Waals surface area contributed by atoms with E-state index in [0.29, 0.717) is 17.5 Å². The Morgan fingerprint density at radius 1 is 1.25 bits per heavy atom. The number of nitrogens with zero attached hydrogens (tertiary/aromatic N) is 1. The maximum atomic E-state index is 13.7. The lowest BCUT2D eigenvalue weighted by Gasteiger charge is -2.30. The van der Waals surface area contributed by atoms with Gasteiger partial charge >= 0.3 is 0 Å². The summed E-state index contributed by atoms with van der Waals surface area (Å²) in [5.41, 5.74) is 0.911. The molecule has 2 rings (SSSR count). The molecule has 4 nitrogen and oxygen atoms in total. The normalized spacial score (nSPS) is 17.0. The van der Waals surface area contributed by atoms with E-state index in [1.165, 1.54) is 31.7 Å². The van der Waals surface area contributed by atoms with Crippen LogP contribution in [0.25, 0.3) is 0 Å². The van der Waals surface area contributed by atoms with Gasteiger partial charge in [-0.2, -0.15) is 0 Å². The van der Waals surface area contributed by atoms with Crippen molar-refractivity contribution in [2.75, 3.05) is 26.8 Å². The van der Waals surface area contributed by atoms with Crippen molar-refractivity contribution < 1.29 is 9.13 Å². The average molecular weight is 335 g/mol. The van der Waals surface area contributed by atoms with Crippen molar-refractivity contribution in [2.24, 2.45) is 10.4 Å². The first-order valence-electron chi connectivity index (χ1n) is 8.94. The topological polar surface area (TPSA) is 45.7 Å². The largest absolute Gasteiger partial charge is 0.385 e. The lowest BCUT2D eigenvalue weighted by Crippen LogP contribution is -2.43. The van der Waals surface area contributed by atoms with Crippen molar-refractivity contribution in [1.82, 2.24) is 10.6 Å². The second-order valence-electron chi connectivity index (χ2n) is 6.59. The van der Waals surface area contributed by atoms with E-state index in [2.05, 4.69) is 15.6 Å². The van der Waals surface area contributed by atoms with Crippen molar-refractivity contribution in [2.45, 2.75) is 45.6 Å². The maximum Gasteiger partial charge on any atom is 0.191 e. The maximum absolute atomic E-state index is 13.7. The number of halogens is 1. The fourth-order valence-corrected chi connectivity index (χ4v) is 3.36. The monoisotopic (exact) mass is 335 g/mol. The van der Waals surface area contributed by atoms with E-state index in [9.17, 15) is 4.39 Å². The summed E-state index contributed by atoms with van der Waals surface area (Å²) in [5, 5.41) is 6.72. The van der Waals surface area contributed by atoms with Crippen LogP contribution in [0.5, 0.6) is 0 Å². The molecule has 0 spiro atoms. The molecule has 2 N–H and O–H groups in total. The van der Waals surface area contributed by atoms with Crippen LogP contribution >= 0.6 is 0 Å². The van der Waals surface area contributed by atoms with E-state index in [4.69, 9.17) is 4.74 Å². The Bertz CT molecular complexity index is 527. The smallest absolute Gasteiger partial charge is 0.191 e. The molecular weight excluding hydrogens is 305 g/mol. The minimum absolute atomic E-state index is 0.204. The van der Waals surface area contributed by atoms with Crippen LogP contribution in [0.3, 0.4) is 0 Å². The molecule has 1 fully saturated rings. The summed E-state index contributed by atoms with van der Waals surface area (Å²) in [6.45, 7) is 4.85. The van der Waals surface area contributed by atoms with Crippen LogP contribution in [-0.2, 0) is 11.3 Å². The van der Waals surface area contributed by atoms with Gasteiger partial charge in [0, 0.05) is 32.4 Å². The zero-order valence-electron chi connectivity index (χ0n) is 14.9. The van der Waals surface area contributed by atoms with Gasteiger partial charge in [-0.1, -0.05) is 31.0 Å². The van der Waals surface area contributed by atoms with Gasteiger partial charge in [-0.3, -0.25) is 0 Å². The standard InChI is InChI=1S/C19H30FN3O/c1-3-21-18(22-14-16-8-4-5-9-17(16)20)23-15-19(12-13-24-2)10-6-7-11-19/h4-5,8-9H,3,6-7,10-15H2,1-2H3,(H2,21,22,23). The molecule has 1 aliphatic rings. The third kappa shape index (κ3) is 5.48. The van der Waals surface area contributed by atoms with Crippen molar-refractivity contribution in [3.05, 3.63) is 35.6 Å². The van der Waals surface area contributed by atoms with Gasteiger partial charge in [0.25, 0.3) is 0 Å². The van der Waals surface area contributed by atoms with Crippen LogP contribution < -0.4 is 10.6 Å². The molecule has 0 aromatic heterocycles. The van der Waals surface area contributed by atoms with E-state index in [-0.39, 0.29) is 5.82 Å². The molecule has 1 aromatic rings. The van der Waals surface area contributed by atoms with Crippen molar-refractivity contribution in [3.8, 4) is 0 Å². The van der Waals surface area contributed by atoms with Gasteiger partial charge in [0.2, 0.25) is 0 Å². The third-order valence-electron chi connectivity index (χ3n) is 4.84. The average Bonchev–Trinajstić information content (AvgIpc) is 3.06. The molecule has 0 radical (unpaired) electrons. The number of guanidine groups is 1. The molecule has 0 atom stereocenters. The van der Waals surface area contributed by atoms with Gasteiger partial charge in [0.05, 0.1) is 6.54 Å². The van der Waals surface area contributed by atoms with Gasteiger partial charge in [-0.05, 0) is 37.7 Å². The van der Waals surface area contributed by atoms with Crippen molar-refractivity contribution in [1.29, 1.82) is 0 Å². The highest BCUT2D eigenvalue weighted by Gasteiger charge is 2.33. The summed E-state index contributed by atoms with van der Waals surface area (Å²) < 4.78 is 19.0. The number of hydrogen-bond acceptors (Lipinski definition) is 2. The first-order chi connectivity index (χ1) is 11.7. The second-order valence-corrected chi connectivity index (χ2v) is 6.59. The van der Waals surface area contributed by atoms with Crippen LogP contribution in [0.4, 0.5) is 4.39 Å². The Kier molecular flexibility index (Phi) is 7.50. The lowest BCUT2D eigenvalue weighted by molar-refractivity contribution is 0.138. The second kappa shape index (κ2) is 9.62. The first-order valence-corrected chi connectivity index (χ1v) is 8.94. The molecule has 1 aromatic carbocycles. The fraction of sp³-hybridized carbons (Fsp3) is 0.632. The summed E-state index contributed by atoms with van der Waals surface area (Å²) in [5.74, 6) is 0.550. The number of aliphatic imine (C=N–C) groups is 1. The van der Waals surface area contributed by atoms with Gasteiger partial charge in [0.1, 0.15) is 5.82 Å². The Balaban J connectivity index is 1.96. The van der Waals surface area contributed by atoms with Crippen LogP contribution in [0.2, 0.25) is 0 Å². The zero-order valence-corrected chi connectivity index (χ0v) is 14.9. The fourth-order valence-electron chi connectivity index (χ4n) is 3.36. The van der Waals surface area contributed by atoms with Gasteiger partial charge in [0.15, 0.2) is 5.96 Å². The molecule has 0 bridgehead atoms. The molecule has 1 saturated carbocycles. The highest BCUT2D eigenvalue weighted by molar-refractivity contribution is 5.79. The quantitative estimate of drug-likeness (QED) is 0.565. The van der Waals surface area contributed by atoms with Gasteiger partial charge < -0.3 is 15.4 Å². The number of ether oxygens (including phenoxy) is 1. The van der Waals surface area contributed by atoms with Crippen molar-refractivity contribution in [3.63, 3.8) is 0 Å². The molecule has 0 aliphatic heterocycles. The number of hydrogen-bond donors (Lipinski definition) is 2. The molecule has 24 heavy (non-hydrogen) atoms. The van der Waals surface area contributed by atoms with E-state index >= 15 is 0 Å². The van der Waals surface area contributed by atoms with Crippen LogP contribution in [0, 0.1) is 11.2 Å². The van der Waals surface area contributed by atoms with Gasteiger partial charge in [-0.25, -0.2) is 9.38 Å². The highest BCUT2D eigenvalue weighted by atomic mass is 19.1. The summed E-state index contributed by atoms with van der Waals surface area (Å²) in [6.07, 6.45) is 6.11. The predicted octanol–water partition coefficient (Wildman–Crippen LogP) is 3.48. The van der Waals surface area contributed by atoms with E-state index in [1.54, 1.807) is 19.2 Å². The van der Waals surface area contributed by atoms with Crippen LogP contribution in [-0.4, -0.2) is 32.8 Å². The summed E-state index contributed by atoms with van der Waals surface area (Å²) in [6, 6.07) is 6.79. The molecule has 134 valence electrons.